The summed E-state index contributed by atoms with van der Waals surface area (Å²) in [5, 5.41) is 11.3. The number of esters is 2. The molecule has 0 aromatic carbocycles. The number of carbonyl (C=O) groups is 2. The van der Waals surface area contributed by atoms with E-state index in [1.165, 1.54) is 5.57 Å². The maximum atomic E-state index is 12.7. The van der Waals surface area contributed by atoms with Gasteiger partial charge in [-0.1, -0.05) is 20.8 Å². The molecule has 154 valence electrons. The minimum absolute atomic E-state index is 0.0282. The van der Waals surface area contributed by atoms with Gasteiger partial charge in [-0.2, -0.15) is 0 Å². The minimum Gasteiger partial charge on any atom is -0.460 e. The lowest BCUT2D eigenvalue weighted by atomic mass is 9.64. The van der Waals surface area contributed by atoms with Gasteiger partial charge in [0.2, 0.25) is 0 Å². The van der Waals surface area contributed by atoms with E-state index in [1.54, 1.807) is 0 Å². The quantitative estimate of drug-likeness (QED) is 0.731. The van der Waals surface area contributed by atoms with Crippen LogP contribution in [0.25, 0.3) is 0 Å². The van der Waals surface area contributed by atoms with Gasteiger partial charge in [-0.25, -0.2) is 0 Å². The van der Waals surface area contributed by atoms with Crippen LogP contribution in [0, 0.1) is 23.7 Å². The number of carbonyl (C=O) groups excluding carboxylic acids is 2. The van der Waals surface area contributed by atoms with Gasteiger partial charge in [0.05, 0.1) is 29.7 Å². The van der Waals surface area contributed by atoms with Crippen LogP contribution in [0.4, 0.5) is 0 Å². The largest absolute Gasteiger partial charge is 0.460 e. The van der Waals surface area contributed by atoms with Crippen LogP contribution in [0.15, 0.2) is 11.3 Å². The molecule has 1 spiro atoms. The average Bonchev–Trinajstić information content (AvgIpc) is 3.16. The van der Waals surface area contributed by atoms with Crippen LogP contribution in [0.1, 0.15) is 59.3 Å². The third-order valence-electron chi connectivity index (χ3n) is 8.08. The summed E-state index contributed by atoms with van der Waals surface area (Å²) >= 11 is 0. The highest BCUT2D eigenvalue weighted by Crippen LogP contribution is 2.61. The summed E-state index contributed by atoms with van der Waals surface area (Å²) in [5.41, 5.74) is 1.69. The maximum absolute atomic E-state index is 12.7. The van der Waals surface area contributed by atoms with Gasteiger partial charge in [0.15, 0.2) is 5.60 Å². The number of ether oxygens (including phenoxy) is 2. The van der Waals surface area contributed by atoms with Gasteiger partial charge in [0, 0.05) is 24.8 Å². The molecule has 0 amide bonds. The van der Waals surface area contributed by atoms with Gasteiger partial charge in [-0.3, -0.25) is 9.59 Å². The average molecular weight is 389 g/mol. The Morgan fingerprint density at radius 1 is 1.21 bits per heavy atom. The first-order valence-corrected chi connectivity index (χ1v) is 11.0. The number of aliphatic hydroxyl groups is 1. The maximum Gasteiger partial charge on any atom is 0.310 e. The molecular formula is C22H31NO5. The molecule has 5 aliphatic rings. The summed E-state index contributed by atoms with van der Waals surface area (Å²) in [4.78, 5) is 27.2. The monoisotopic (exact) mass is 389 g/mol. The number of rotatable bonds is 2. The number of hydrogen-bond acceptors (Lipinski definition) is 6. The number of cyclic esters (lactones) is 1. The summed E-state index contributed by atoms with van der Waals surface area (Å²) in [5.74, 6) is -0.860. The molecule has 1 N–H and O–H groups in total. The highest BCUT2D eigenvalue weighted by Gasteiger charge is 2.69. The van der Waals surface area contributed by atoms with Crippen molar-refractivity contribution in [3.8, 4) is 0 Å². The van der Waals surface area contributed by atoms with Crippen LogP contribution in [0.5, 0.6) is 0 Å². The van der Waals surface area contributed by atoms with Crippen molar-refractivity contribution in [2.45, 2.75) is 83.1 Å². The molecule has 3 fully saturated rings. The fraction of sp³-hybridized carbons (Fsp3) is 0.818. The second-order valence-electron chi connectivity index (χ2n) is 9.54. The van der Waals surface area contributed by atoms with Crippen molar-refractivity contribution in [2.75, 3.05) is 6.54 Å². The summed E-state index contributed by atoms with van der Waals surface area (Å²) in [6.45, 7) is 6.85. The van der Waals surface area contributed by atoms with Crippen LogP contribution >= 0.6 is 0 Å². The smallest absolute Gasteiger partial charge is 0.310 e. The molecule has 8 atom stereocenters. The molecule has 0 aromatic heterocycles. The SMILES string of the molecule is CC[C@@H]1C2=C3N(CCCC2)[C@H]([C@@H]2C[C@H](C)C(=O)O2)C[C@]32OC(=O)[C@@H](C)[C@H]2[C@@H]1O. The molecule has 6 nitrogen and oxygen atoms in total. The van der Waals surface area contributed by atoms with Crippen molar-refractivity contribution < 1.29 is 24.2 Å². The molecule has 4 aliphatic heterocycles. The zero-order chi connectivity index (χ0) is 19.8. The van der Waals surface area contributed by atoms with Crippen LogP contribution < -0.4 is 0 Å². The predicted molar refractivity (Wildman–Crippen MR) is 101 cm³/mol. The van der Waals surface area contributed by atoms with Gasteiger partial charge in [0.1, 0.15) is 6.10 Å². The summed E-state index contributed by atoms with van der Waals surface area (Å²) in [6.07, 6.45) is 4.58. The Bertz CT molecular complexity index is 747. The number of aliphatic hydroxyl groups excluding tert-OH is 1. The lowest BCUT2D eigenvalue weighted by Crippen LogP contribution is -2.51. The Labute approximate surface area is 166 Å². The molecule has 5 rings (SSSR count). The van der Waals surface area contributed by atoms with Gasteiger partial charge >= 0.3 is 11.9 Å². The number of nitrogens with zero attached hydrogens (tertiary/aromatic N) is 1. The normalized spacial score (nSPS) is 47.6. The Hall–Kier alpha value is -1.56. The van der Waals surface area contributed by atoms with Crippen molar-refractivity contribution in [1.29, 1.82) is 0 Å². The van der Waals surface area contributed by atoms with Gasteiger partial charge in [-0.15, -0.1) is 0 Å². The molecule has 0 saturated carbocycles. The van der Waals surface area contributed by atoms with E-state index in [2.05, 4.69) is 11.8 Å². The zero-order valence-corrected chi connectivity index (χ0v) is 17.0. The lowest BCUT2D eigenvalue weighted by Gasteiger charge is -2.45. The first-order chi connectivity index (χ1) is 13.4. The second-order valence-corrected chi connectivity index (χ2v) is 9.54. The molecule has 0 bridgehead atoms. The predicted octanol–water partition coefficient (Wildman–Crippen LogP) is 2.40. The molecular weight excluding hydrogens is 358 g/mol. The van der Waals surface area contributed by atoms with Crippen LogP contribution in [0.2, 0.25) is 0 Å². The number of hydrogen-bond donors (Lipinski definition) is 1. The Morgan fingerprint density at radius 2 is 2.00 bits per heavy atom. The van der Waals surface area contributed by atoms with Crippen LogP contribution in [-0.4, -0.2) is 52.3 Å². The van der Waals surface area contributed by atoms with Gasteiger partial charge in [0.25, 0.3) is 0 Å². The molecule has 0 aromatic rings. The minimum atomic E-state index is -0.746. The van der Waals surface area contributed by atoms with E-state index >= 15 is 0 Å². The fourth-order valence-corrected chi connectivity index (χ4v) is 6.85. The molecule has 28 heavy (non-hydrogen) atoms. The summed E-state index contributed by atoms with van der Waals surface area (Å²) < 4.78 is 11.9. The van der Waals surface area contributed by atoms with Gasteiger partial charge in [-0.05, 0) is 37.7 Å². The standard InChI is InChI=1S/C22H31NO5/c1-4-13-14-7-5-6-8-23-15(16-9-11(2)20(25)27-16)10-22(19(14)23)17(18(13)24)12(3)21(26)28-22/h11-13,15-18,24H,4-10H2,1-3H3/t11-,12-,13+,15-,16-,17-,18+,22+/m0/s1. The van der Waals surface area contributed by atoms with Crippen molar-refractivity contribution in [3.63, 3.8) is 0 Å². The van der Waals surface area contributed by atoms with E-state index in [-0.39, 0.29) is 47.8 Å². The summed E-state index contributed by atoms with van der Waals surface area (Å²) in [7, 11) is 0. The highest BCUT2D eigenvalue weighted by molar-refractivity contribution is 5.78. The van der Waals surface area contributed by atoms with Crippen molar-refractivity contribution in [2.24, 2.45) is 23.7 Å². The third kappa shape index (κ3) is 2.24. The molecule has 0 unspecified atom stereocenters. The second kappa shape index (κ2) is 6.22. The fourth-order valence-electron chi connectivity index (χ4n) is 6.85. The van der Waals surface area contributed by atoms with Crippen LogP contribution in [0.3, 0.4) is 0 Å². The Kier molecular flexibility index (Phi) is 4.10. The third-order valence-corrected chi connectivity index (χ3v) is 8.08. The van der Waals surface area contributed by atoms with Crippen molar-refractivity contribution >= 4 is 11.9 Å². The molecule has 1 aliphatic carbocycles. The van der Waals surface area contributed by atoms with E-state index in [0.717, 1.165) is 37.9 Å². The molecule has 0 radical (unpaired) electrons. The van der Waals surface area contributed by atoms with E-state index in [0.29, 0.717) is 12.8 Å². The Morgan fingerprint density at radius 3 is 2.68 bits per heavy atom. The molecule has 3 saturated heterocycles. The van der Waals surface area contributed by atoms with Crippen molar-refractivity contribution in [1.82, 2.24) is 4.90 Å². The van der Waals surface area contributed by atoms with E-state index in [4.69, 9.17) is 9.47 Å². The Balaban J connectivity index is 1.65. The van der Waals surface area contributed by atoms with E-state index in [1.807, 2.05) is 13.8 Å². The van der Waals surface area contributed by atoms with Crippen molar-refractivity contribution in [3.05, 3.63) is 11.3 Å². The van der Waals surface area contributed by atoms with Crippen LogP contribution in [-0.2, 0) is 19.1 Å². The topological polar surface area (TPSA) is 76.1 Å². The summed E-state index contributed by atoms with van der Waals surface area (Å²) in [6, 6.07) is 0.0282. The van der Waals surface area contributed by atoms with E-state index in [9.17, 15) is 14.7 Å². The zero-order valence-electron chi connectivity index (χ0n) is 17.0. The van der Waals surface area contributed by atoms with Gasteiger partial charge < -0.3 is 19.5 Å². The first-order valence-electron chi connectivity index (χ1n) is 11.0. The molecule has 6 heteroatoms. The molecule has 4 heterocycles. The highest BCUT2D eigenvalue weighted by atomic mass is 16.6. The lowest BCUT2D eigenvalue weighted by molar-refractivity contribution is -0.150. The first kappa shape index (κ1) is 18.5. The van der Waals surface area contributed by atoms with E-state index < -0.39 is 11.7 Å².